The van der Waals surface area contributed by atoms with Crippen molar-refractivity contribution in [2.75, 3.05) is 11.9 Å². The number of hydrogen-bond donors (Lipinski definition) is 4. The molecule has 0 aliphatic carbocycles. The largest absolute Gasteiger partial charge is 0.479 e. The summed E-state index contributed by atoms with van der Waals surface area (Å²) in [7, 11) is 0. The molecule has 1 unspecified atom stereocenters. The maximum Gasteiger partial charge on any atom is 0.337 e. The lowest BCUT2D eigenvalue weighted by molar-refractivity contribution is -0.155. The lowest BCUT2D eigenvalue weighted by atomic mass is 10.1. The fraction of sp³-hybridized carbons (Fsp3) is 0.273. The van der Waals surface area contributed by atoms with Crippen molar-refractivity contribution in [1.29, 1.82) is 0 Å². The van der Waals surface area contributed by atoms with E-state index < -0.39 is 30.0 Å². The molecule has 0 spiro atoms. The lowest BCUT2D eigenvalue weighted by Crippen LogP contribution is -2.47. The number of carbonyl (C=O) groups is 2. The lowest BCUT2D eigenvalue weighted by Gasteiger charge is -2.18. The summed E-state index contributed by atoms with van der Waals surface area (Å²) in [6.45, 7) is 0.521. The highest BCUT2D eigenvalue weighted by Crippen LogP contribution is 2.28. The van der Waals surface area contributed by atoms with Gasteiger partial charge in [0.2, 0.25) is 0 Å². The Morgan fingerprint density at radius 1 is 1.50 bits per heavy atom. The molecule has 0 aromatic heterocycles. The van der Waals surface area contributed by atoms with E-state index in [-0.39, 0.29) is 15.2 Å². The second-order valence-electron chi connectivity index (χ2n) is 4.14. The van der Waals surface area contributed by atoms with Crippen molar-refractivity contribution in [3.63, 3.8) is 0 Å². The maximum atomic E-state index is 13.4. The molecule has 0 bridgehead atoms. The van der Waals surface area contributed by atoms with Crippen LogP contribution in [0.4, 0.5) is 14.9 Å². The Morgan fingerprint density at radius 2 is 2.10 bits per heavy atom. The first-order valence-electron chi connectivity index (χ1n) is 5.28. The van der Waals surface area contributed by atoms with Gasteiger partial charge >= 0.3 is 12.0 Å². The minimum Gasteiger partial charge on any atom is -0.479 e. The van der Waals surface area contributed by atoms with E-state index in [4.69, 9.17) is 16.7 Å². The third kappa shape index (κ3) is 4.32. The summed E-state index contributed by atoms with van der Waals surface area (Å²) in [4.78, 5) is 22.1. The van der Waals surface area contributed by atoms with Crippen LogP contribution < -0.4 is 10.6 Å². The van der Waals surface area contributed by atoms with Crippen LogP contribution in [0, 0.1) is 5.82 Å². The van der Waals surface area contributed by atoms with E-state index in [1.807, 2.05) is 0 Å². The van der Waals surface area contributed by atoms with Crippen LogP contribution in [0.25, 0.3) is 0 Å². The van der Waals surface area contributed by atoms with Crippen LogP contribution in [-0.2, 0) is 4.79 Å². The average molecular weight is 370 g/mol. The average Bonchev–Trinajstić information content (AvgIpc) is 2.33. The molecule has 0 aliphatic rings. The first-order valence-corrected chi connectivity index (χ1v) is 6.46. The van der Waals surface area contributed by atoms with Gasteiger partial charge in [-0.1, -0.05) is 11.6 Å². The van der Waals surface area contributed by atoms with Crippen LogP contribution in [0.2, 0.25) is 5.02 Å². The third-order valence-electron chi connectivity index (χ3n) is 2.30. The highest BCUT2D eigenvalue weighted by Gasteiger charge is 2.30. The molecule has 2 amide bonds. The molecule has 0 saturated heterocycles. The van der Waals surface area contributed by atoms with Crippen molar-refractivity contribution >= 4 is 45.2 Å². The number of carboxylic acids is 1. The Balaban J connectivity index is 2.66. The number of anilines is 1. The van der Waals surface area contributed by atoms with E-state index in [1.54, 1.807) is 0 Å². The molecule has 0 aliphatic heterocycles. The molecule has 1 rings (SSSR count). The van der Waals surface area contributed by atoms with Gasteiger partial charge in [-0.2, -0.15) is 0 Å². The Hall–Kier alpha value is -1.38. The number of hydrogen-bond acceptors (Lipinski definition) is 3. The van der Waals surface area contributed by atoms with Crippen LogP contribution in [0.5, 0.6) is 0 Å². The Bertz CT molecular complexity index is 530. The summed E-state index contributed by atoms with van der Waals surface area (Å²) in [6.07, 6.45) is 0. The molecule has 110 valence electrons. The van der Waals surface area contributed by atoms with E-state index in [2.05, 4.69) is 26.6 Å². The molecule has 0 heterocycles. The van der Waals surface area contributed by atoms with Gasteiger partial charge in [0.05, 0.1) is 16.0 Å². The van der Waals surface area contributed by atoms with Gasteiger partial charge in [0.1, 0.15) is 5.82 Å². The van der Waals surface area contributed by atoms with Gasteiger partial charge in [0, 0.05) is 5.69 Å². The molecule has 0 saturated carbocycles. The molecule has 1 atom stereocenters. The van der Waals surface area contributed by atoms with Crippen molar-refractivity contribution in [1.82, 2.24) is 5.32 Å². The predicted octanol–water partition coefficient (Wildman–Crippen LogP) is 2.20. The highest BCUT2D eigenvalue weighted by molar-refractivity contribution is 9.10. The van der Waals surface area contributed by atoms with Crippen LogP contribution in [0.15, 0.2) is 16.6 Å². The third-order valence-corrected chi connectivity index (χ3v) is 3.63. The number of amides is 2. The molecule has 9 heteroatoms. The minimum absolute atomic E-state index is 0.0674. The van der Waals surface area contributed by atoms with Crippen molar-refractivity contribution in [2.45, 2.75) is 12.5 Å². The number of halogens is 3. The molecular weight excluding hydrogens is 358 g/mol. The van der Waals surface area contributed by atoms with Crippen molar-refractivity contribution in [2.24, 2.45) is 0 Å². The zero-order chi connectivity index (χ0) is 15.5. The van der Waals surface area contributed by atoms with E-state index in [0.717, 1.165) is 13.0 Å². The normalized spacial score (nSPS) is 13.4. The van der Waals surface area contributed by atoms with Crippen LogP contribution in [0.1, 0.15) is 6.92 Å². The summed E-state index contributed by atoms with van der Waals surface area (Å²) in [6, 6.07) is 1.54. The number of urea groups is 1. The van der Waals surface area contributed by atoms with Gasteiger partial charge in [0.15, 0.2) is 5.60 Å². The zero-order valence-electron chi connectivity index (χ0n) is 10.2. The molecule has 1 aromatic carbocycles. The first kappa shape index (κ1) is 16.7. The Kier molecular flexibility index (Phi) is 5.32. The van der Waals surface area contributed by atoms with E-state index in [9.17, 15) is 19.1 Å². The summed E-state index contributed by atoms with van der Waals surface area (Å²) in [5.41, 5.74) is -2.01. The fourth-order valence-corrected chi connectivity index (χ4v) is 1.57. The second-order valence-corrected chi connectivity index (χ2v) is 5.34. The Labute approximate surface area is 127 Å². The standard InChI is InChI=1S/C11H11BrClFN2O4/c1-11(20,9(17)18)4-15-10(19)16-5-2-6(13)8(12)7(14)3-5/h2-3,20H,4H2,1H3,(H,17,18)(H2,15,16,19). The van der Waals surface area contributed by atoms with Crippen LogP contribution in [0.3, 0.4) is 0 Å². The first-order chi connectivity index (χ1) is 9.13. The second kappa shape index (κ2) is 6.38. The molecule has 4 N–H and O–H groups in total. The SMILES string of the molecule is CC(O)(CNC(=O)Nc1cc(F)c(Br)c(Cl)c1)C(=O)O. The smallest absolute Gasteiger partial charge is 0.337 e. The number of carbonyl (C=O) groups excluding carboxylic acids is 1. The monoisotopic (exact) mass is 368 g/mol. The summed E-state index contributed by atoms with van der Waals surface area (Å²) < 4.78 is 13.4. The van der Waals surface area contributed by atoms with Gasteiger partial charge in [-0.25, -0.2) is 14.0 Å². The van der Waals surface area contributed by atoms with Gasteiger partial charge in [-0.3, -0.25) is 0 Å². The topological polar surface area (TPSA) is 98.7 Å². The van der Waals surface area contributed by atoms with Gasteiger partial charge in [-0.05, 0) is 35.0 Å². The van der Waals surface area contributed by atoms with Gasteiger partial charge < -0.3 is 20.8 Å². The van der Waals surface area contributed by atoms with E-state index >= 15 is 0 Å². The predicted molar refractivity (Wildman–Crippen MR) is 74.4 cm³/mol. The van der Waals surface area contributed by atoms with E-state index in [0.29, 0.717) is 0 Å². The van der Waals surface area contributed by atoms with Gasteiger partial charge in [-0.15, -0.1) is 0 Å². The molecule has 0 radical (unpaired) electrons. The maximum absolute atomic E-state index is 13.4. The number of carboxylic acid groups (broad SMARTS) is 1. The number of rotatable bonds is 4. The van der Waals surface area contributed by atoms with Crippen LogP contribution >= 0.6 is 27.5 Å². The molecule has 1 aromatic rings. The number of benzene rings is 1. The van der Waals surface area contributed by atoms with Crippen molar-refractivity contribution < 1.29 is 24.2 Å². The number of nitrogens with one attached hydrogen (secondary N) is 2. The summed E-state index contributed by atoms with van der Waals surface area (Å²) in [5, 5.41) is 22.5. The quantitative estimate of drug-likeness (QED) is 0.612. The molecule has 6 nitrogen and oxygen atoms in total. The fourth-order valence-electron chi connectivity index (χ4n) is 1.13. The highest BCUT2D eigenvalue weighted by atomic mass is 79.9. The van der Waals surface area contributed by atoms with Crippen molar-refractivity contribution in [3.8, 4) is 0 Å². The summed E-state index contributed by atoms with van der Waals surface area (Å²) in [5.74, 6) is -2.14. The summed E-state index contributed by atoms with van der Waals surface area (Å²) >= 11 is 8.64. The number of aliphatic carboxylic acids is 1. The van der Waals surface area contributed by atoms with E-state index in [1.165, 1.54) is 6.07 Å². The molecule has 20 heavy (non-hydrogen) atoms. The van der Waals surface area contributed by atoms with Gasteiger partial charge in [0.25, 0.3) is 0 Å². The van der Waals surface area contributed by atoms with Crippen LogP contribution in [-0.4, -0.2) is 34.4 Å². The minimum atomic E-state index is -2.10. The Morgan fingerprint density at radius 3 is 2.60 bits per heavy atom. The number of aliphatic hydroxyl groups is 1. The zero-order valence-corrected chi connectivity index (χ0v) is 12.5. The molecular formula is C11H11BrClFN2O4. The van der Waals surface area contributed by atoms with Crippen molar-refractivity contribution in [3.05, 3.63) is 27.4 Å². The molecule has 0 fully saturated rings.